The van der Waals surface area contributed by atoms with Gasteiger partial charge >= 0.3 is 0 Å². The Hall–Kier alpha value is -0.560. The van der Waals surface area contributed by atoms with Gasteiger partial charge in [-0.25, -0.2) is 0 Å². The van der Waals surface area contributed by atoms with Crippen molar-refractivity contribution in [2.75, 3.05) is 0 Å². The Morgan fingerprint density at radius 3 is 2.09 bits per heavy atom. The quantitative estimate of drug-likeness (QED) is 0.619. The number of hydrogen-bond donors (Lipinski definition) is 1. The second kappa shape index (κ2) is 5.14. The molecule has 0 spiro atoms. The molecule has 1 nitrogen and oxygen atoms in total. The molecule has 0 rings (SSSR count). The van der Waals surface area contributed by atoms with Crippen LogP contribution in [0.2, 0.25) is 0 Å². The lowest BCUT2D eigenvalue weighted by Gasteiger charge is -2.07. The van der Waals surface area contributed by atoms with Crippen LogP contribution in [-0.4, -0.2) is 6.04 Å². The average molecular weight is 153 g/mol. The van der Waals surface area contributed by atoms with Crippen molar-refractivity contribution < 1.29 is 0 Å². The Morgan fingerprint density at radius 2 is 1.82 bits per heavy atom. The molecule has 11 heavy (non-hydrogen) atoms. The summed E-state index contributed by atoms with van der Waals surface area (Å²) >= 11 is 0. The first-order valence-corrected chi connectivity index (χ1v) is 4.18. The van der Waals surface area contributed by atoms with Crippen molar-refractivity contribution in [1.82, 2.24) is 0 Å². The normalized spacial score (nSPS) is 16.4. The summed E-state index contributed by atoms with van der Waals surface area (Å²) < 4.78 is 0. The molecule has 0 aromatic heterocycles. The number of rotatable bonds is 3. The first kappa shape index (κ1) is 10.4. The van der Waals surface area contributed by atoms with Crippen LogP contribution in [0.25, 0.3) is 0 Å². The third-order valence-electron chi connectivity index (χ3n) is 1.48. The first-order chi connectivity index (χ1) is 5.07. The van der Waals surface area contributed by atoms with E-state index < -0.39 is 0 Å². The van der Waals surface area contributed by atoms with E-state index in [1.54, 1.807) is 0 Å². The van der Waals surface area contributed by atoms with Gasteiger partial charge in [-0.15, -0.1) is 0 Å². The van der Waals surface area contributed by atoms with Crippen molar-refractivity contribution >= 4 is 0 Å². The van der Waals surface area contributed by atoms with E-state index >= 15 is 0 Å². The maximum Gasteiger partial charge on any atom is 0.0200 e. The van der Waals surface area contributed by atoms with Crippen LogP contribution in [0.5, 0.6) is 0 Å². The van der Waals surface area contributed by atoms with Gasteiger partial charge in [0.1, 0.15) is 0 Å². The molecule has 0 amide bonds. The second-order valence-corrected chi connectivity index (χ2v) is 3.18. The molecule has 0 aliphatic heterocycles. The third kappa shape index (κ3) is 4.79. The minimum absolute atomic E-state index is 0.156. The second-order valence-electron chi connectivity index (χ2n) is 3.18. The van der Waals surface area contributed by atoms with Crippen LogP contribution in [0.4, 0.5) is 0 Å². The summed E-state index contributed by atoms with van der Waals surface area (Å²) in [5, 5.41) is 0. The zero-order chi connectivity index (χ0) is 8.85. The molecule has 0 heterocycles. The monoisotopic (exact) mass is 153 g/mol. The molecule has 2 N–H and O–H groups in total. The maximum absolute atomic E-state index is 5.65. The Bertz CT molecular complexity index is 152. The van der Waals surface area contributed by atoms with E-state index in [1.807, 2.05) is 19.9 Å². The Kier molecular flexibility index (Phi) is 4.88. The zero-order valence-corrected chi connectivity index (χ0v) is 7.96. The van der Waals surface area contributed by atoms with Crippen LogP contribution in [0, 0.1) is 5.92 Å². The van der Waals surface area contributed by atoms with Crippen molar-refractivity contribution in [3.05, 3.63) is 23.8 Å². The molecule has 1 heteroatoms. The van der Waals surface area contributed by atoms with E-state index in [-0.39, 0.29) is 6.04 Å². The van der Waals surface area contributed by atoms with Gasteiger partial charge in [0, 0.05) is 6.04 Å². The van der Waals surface area contributed by atoms with Crippen LogP contribution in [0.1, 0.15) is 27.7 Å². The third-order valence-corrected chi connectivity index (χ3v) is 1.48. The fourth-order valence-corrected chi connectivity index (χ4v) is 0.936. The summed E-state index contributed by atoms with van der Waals surface area (Å²) in [5.74, 6) is 0.567. The van der Waals surface area contributed by atoms with Crippen LogP contribution < -0.4 is 5.73 Å². The van der Waals surface area contributed by atoms with Gasteiger partial charge in [0.25, 0.3) is 0 Å². The standard InChI is InChI=1S/C10H19N/c1-5-6-10(8(2)3)7-9(4)11/h5-9H,11H2,1-4H3/b6-5-,10-7+. The molecular formula is C10H19N. The van der Waals surface area contributed by atoms with Crippen LogP contribution >= 0.6 is 0 Å². The van der Waals surface area contributed by atoms with E-state index in [4.69, 9.17) is 5.73 Å². The molecule has 0 aliphatic carbocycles. The van der Waals surface area contributed by atoms with Crippen molar-refractivity contribution in [1.29, 1.82) is 0 Å². The fourth-order valence-electron chi connectivity index (χ4n) is 0.936. The lowest BCUT2D eigenvalue weighted by Crippen LogP contribution is -2.12. The van der Waals surface area contributed by atoms with Gasteiger partial charge in [0.15, 0.2) is 0 Å². The highest BCUT2D eigenvalue weighted by Gasteiger charge is 1.98. The highest BCUT2D eigenvalue weighted by atomic mass is 14.6. The molecule has 1 atom stereocenters. The molecule has 0 aliphatic rings. The molecule has 0 saturated carbocycles. The lowest BCUT2D eigenvalue weighted by atomic mass is 10.0. The summed E-state index contributed by atoms with van der Waals surface area (Å²) in [6.07, 6.45) is 6.27. The maximum atomic E-state index is 5.65. The van der Waals surface area contributed by atoms with E-state index in [2.05, 4.69) is 26.0 Å². The Morgan fingerprint density at radius 1 is 1.27 bits per heavy atom. The molecule has 0 fully saturated rings. The van der Waals surface area contributed by atoms with Crippen molar-refractivity contribution in [2.45, 2.75) is 33.7 Å². The van der Waals surface area contributed by atoms with Crippen molar-refractivity contribution in [3.8, 4) is 0 Å². The highest BCUT2D eigenvalue weighted by molar-refractivity contribution is 5.21. The van der Waals surface area contributed by atoms with Crippen LogP contribution in [-0.2, 0) is 0 Å². The molecule has 0 aromatic rings. The highest BCUT2D eigenvalue weighted by Crippen LogP contribution is 2.11. The van der Waals surface area contributed by atoms with Gasteiger partial charge in [-0.3, -0.25) is 0 Å². The largest absolute Gasteiger partial charge is 0.325 e. The summed E-state index contributed by atoms with van der Waals surface area (Å²) in [5.41, 5.74) is 6.97. The van der Waals surface area contributed by atoms with Crippen molar-refractivity contribution in [3.63, 3.8) is 0 Å². The summed E-state index contributed by atoms with van der Waals surface area (Å²) in [7, 11) is 0. The summed E-state index contributed by atoms with van der Waals surface area (Å²) in [4.78, 5) is 0. The van der Waals surface area contributed by atoms with Gasteiger partial charge < -0.3 is 5.73 Å². The van der Waals surface area contributed by atoms with Gasteiger partial charge in [-0.2, -0.15) is 0 Å². The summed E-state index contributed by atoms with van der Waals surface area (Å²) in [6.45, 7) is 8.37. The van der Waals surface area contributed by atoms with Gasteiger partial charge in [-0.05, 0) is 25.3 Å². The summed E-state index contributed by atoms with van der Waals surface area (Å²) in [6, 6.07) is 0.156. The molecule has 0 radical (unpaired) electrons. The predicted octanol–water partition coefficient (Wildman–Crippen LogP) is 2.49. The number of allylic oxidation sites excluding steroid dienone is 3. The molecule has 64 valence electrons. The Labute approximate surface area is 70.0 Å². The van der Waals surface area contributed by atoms with E-state index in [0.29, 0.717) is 5.92 Å². The van der Waals surface area contributed by atoms with Crippen molar-refractivity contribution in [2.24, 2.45) is 11.7 Å². The molecule has 1 unspecified atom stereocenters. The van der Waals surface area contributed by atoms with Gasteiger partial charge in [0.2, 0.25) is 0 Å². The van der Waals surface area contributed by atoms with E-state index in [9.17, 15) is 0 Å². The predicted molar refractivity (Wildman–Crippen MR) is 51.4 cm³/mol. The topological polar surface area (TPSA) is 26.0 Å². The SMILES string of the molecule is C/C=C\C(=C/C(C)N)C(C)C. The first-order valence-electron chi connectivity index (χ1n) is 4.18. The molecular weight excluding hydrogens is 134 g/mol. The molecule has 0 bridgehead atoms. The number of nitrogens with two attached hydrogens (primary N) is 1. The average Bonchev–Trinajstić information content (AvgIpc) is 1.86. The lowest BCUT2D eigenvalue weighted by molar-refractivity contribution is 0.772. The number of hydrogen-bond acceptors (Lipinski definition) is 1. The molecule has 0 aromatic carbocycles. The van der Waals surface area contributed by atoms with Gasteiger partial charge in [-0.1, -0.05) is 32.1 Å². The minimum Gasteiger partial charge on any atom is -0.325 e. The van der Waals surface area contributed by atoms with E-state index in [1.165, 1.54) is 5.57 Å². The zero-order valence-electron chi connectivity index (χ0n) is 7.96. The van der Waals surface area contributed by atoms with Crippen LogP contribution in [0.15, 0.2) is 23.8 Å². The van der Waals surface area contributed by atoms with E-state index in [0.717, 1.165) is 0 Å². The van der Waals surface area contributed by atoms with Crippen LogP contribution in [0.3, 0.4) is 0 Å². The Balaban J connectivity index is 4.33. The van der Waals surface area contributed by atoms with Gasteiger partial charge in [0.05, 0.1) is 0 Å². The smallest absolute Gasteiger partial charge is 0.0200 e. The minimum atomic E-state index is 0.156. The molecule has 0 saturated heterocycles. The fraction of sp³-hybridized carbons (Fsp3) is 0.600.